The Morgan fingerprint density at radius 1 is 1.20 bits per heavy atom. The molecule has 4 nitrogen and oxygen atoms in total. The summed E-state index contributed by atoms with van der Waals surface area (Å²) in [4.78, 5) is 3.16. The molecule has 0 saturated heterocycles. The van der Waals surface area contributed by atoms with Crippen molar-refractivity contribution < 1.29 is 9.84 Å². The van der Waals surface area contributed by atoms with Crippen molar-refractivity contribution in [2.24, 2.45) is 0 Å². The quantitative estimate of drug-likeness (QED) is 0.679. The second-order valence-corrected chi connectivity index (χ2v) is 4.60. The number of aromatic amines is 1. The molecule has 0 radical (unpaired) electrons. The number of rotatable bonds is 4. The van der Waals surface area contributed by atoms with Crippen molar-refractivity contribution in [2.45, 2.75) is 6.54 Å². The number of H-pyrrole nitrogens is 1. The molecule has 0 saturated carbocycles. The number of aromatic hydroxyl groups is 1. The molecule has 1 heterocycles. The first-order chi connectivity index (χ1) is 9.78. The Kier molecular flexibility index (Phi) is 3.21. The second kappa shape index (κ2) is 5.17. The van der Waals surface area contributed by atoms with Gasteiger partial charge in [-0.25, -0.2) is 0 Å². The fourth-order valence-electron chi connectivity index (χ4n) is 2.24. The molecule has 0 aliphatic rings. The zero-order valence-corrected chi connectivity index (χ0v) is 11.2. The van der Waals surface area contributed by atoms with Crippen LogP contribution in [0.3, 0.4) is 0 Å². The molecule has 20 heavy (non-hydrogen) atoms. The molecule has 102 valence electrons. The summed E-state index contributed by atoms with van der Waals surface area (Å²) >= 11 is 0. The molecule has 3 aromatic rings. The Balaban J connectivity index is 1.79. The molecule has 0 spiro atoms. The Morgan fingerprint density at radius 2 is 2.10 bits per heavy atom. The Morgan fingerprint density at radius 3 is 2.95 bits per heavy atom. The lowest BCUT2D eigenvalue weighted by atomic mass is 10.1. The predicted molar refractivity (Wildman–Crippen MR) is 80.3 cm³/mol. The van der Waals surface area contributed by atoms with Crippen LogP contribution in [0.2, 0.25) is 0 Å². The lowest BCUT2D eigenvalue weighted by Crippen LogP contribution is -2.00. The van der Waals surface area contributed by atoms with Crippen LogP contribution in [-0.4, -0.2) is 17.2 Å². The van der Waals surface area contributed by atoms with Crippen LogP contribution in [0.15, 0.2) is 48.7 Å². The Bertz CT molecular complexity index is 734. The first kappa shape index (κ1) is 12.4. The highest BCUT2D eigenvalue weighted by molar-refractivity contribution is 5.82. The molecule has 0 amide bonds. The number of hydrogen-bond acceptors (Lipinski definition) is 3. The smallest absolute Gasteiger partial charge is 0.162 e. The SMILES string of the molecule is COc1cccc(CNc2ccc3[nH]ccc3c2)c1O. The van der Waals surface area contributed by atoms with Crippen molar-refractivity contribution >= 4 is 16.6 Å². The van der Waals surface area contributed by atoms with Gasteiger partial charge in [-0.3, -0.25) is 0 Å². The maximum Gasteiger partial charge on any atom is 0.162 e. The fraction of sp³-hybridized carbons (Fsp3) is 0.125. The zero-order valence-electron chi connectivity index (χ0n) is 11.2. The summed E-state index contributed by atoms with van der Waals surface area (Å²) in [6, 6.07) is 13.6. The summed E-state index contributed by atoms with van der Waals surface area (Å²) in [5, 5.41) is 14.5. The molecule has 4 heteroatoms. The molecule has 0 atom stereocenters. The predicted octanol–water partition coefficient (Wildman–Crippen LogP) is 3.49. The van der Waals surface area contributed by atoms with Crippen LogP contribution in [0.25, 0.3) is 10.9 Å². The van der Waals surface area contributed by atoms with Gasteiger partial charge in [0.2, 0.25) is 0 Å². The van der Waals surface area contributed by atoms with E-state index in [1.165, 1.54) is 0 Å². The van der Waals surface area contributed by atoms with Gasteiger partial charge in [-0.15, -0.1) is 0 Å². The maximum atomic E-state index is 10.0. The third-order valence-corrected chi connectivity index (χ3v) is 3.34. The highest BCUT2D eigenvalue weighted by Gasteiger charge is 2.07. The van der Waals surface area contributed by atoms with Crippen LogP contribution < -0.4 is 10.1 Å². The van der Waals surface area contributed by atoms with Gasteiger partial charge in [0.05, 0.1) is 7.11 Å². The van der Waals surface area contributed by atoms with Crippen molar-refractivity contribution in [3.05, 3.63) is 54.2 Å². The van der Waals surface area contributed by atoms with E-state index >= 15 is 0 Å². The number of phenolic OH excluding ortho intramolecular Hbond substituents is 1. The summed E-state index contributed by atoms with van der Waals surface area (Å²) in [5.41, 5.74) is 2.93. The number of hydrogen-bond donors (Lipinski definition) is 3. The molecule has 3 N–H and O–H groups in total. The Labute approximate surface area is 117 Å². The van der Waals surface area contributed by atoms with E-state index in [-0.39, 0.29) is 5.75 Å². The minimum atomic E-state index is 0.185. The largest absolute Gasteiger partial charge is 0.504 e. The lowest BCUT2D eigenvalue weighted by molar-refractivity contribution is 0.371. The van der Waals surface area contributed by atoms with E-state index in [0.717, 1.165) is 22.2 Å². The summed E-state index contributed by atoms with van der Waals surface area (Å²) in [6.45, 7) is 0.541. The minimum absolute atomic E-state index is 0.185. The molecule has 0 aliphatic carbocycles. The normalized spacial score (nSPS) is 10.7. The third kappa shape index (κ3) is 2.28. The summed E-state index contributed by atoms with van der Waals surface area (Å²) in [6.07, 6.45) is 1.92. The zero-order chi connectivity index (χ0) is 13.9. The maximum absolute atomic E-state index is 10.0. The standard InChI is InChI=1S/C16H16N2O2/c1-20-15-4-2-3-12(16(15)19)10-18-13-5-6-14-11(9-13)7-8-17-14/h2-9,17-19H,10H2,1H3. The molecular weight excluding hydrogens is 252 g/mol. The average Bonchev–Trinajstić information content (AvgIpc) is 2.93. The third-order valence-electron chi connectivity index (χ3n) is 3.34. The number of para-hydroxylation sites is 1. The average molecular weight is 268 g/mol. The summed E-state index contributed by atoms with van der Waals surface area (Å²) in [7, 11) is 1.55. The molecule has 0 unspecified atom stereocenters. The van der Waals surface area contributed by atoms with Gasteiger partial charge >= 0.3 is 0 Å². The highest BCUT2D eigenvalue weighted by Crippen LogP contribution is 2.30. The van der Waals surface area contributed by atoms with Gasteiger partial charge < -0.3 is 20.1 Å². The lowest BCUT2D eigenvalue weighted by Gasteiger charge is -2.10. The van der Waals surface area contributed by atoms with E-state index in [1.807, 2.05) is 36.5 Å². The summed E-state index contributed by atoms with van der Waals surface area (Å²) in [5.74, 6) is 0.676. The van der Waals surface area contributed by atoms with Crippen LogP contribution in [0, 0.1) is 0 Å². The van der Waals surface area contributed by atoms with E-state index < -0.39 is 0 Å². The van der Waals surface area contributed by atoms with Crippen LogP contribution in [0.1, 0.15) is 5.56 Å². The van der Waals surface area contributed by atoms with Gasteiger partial charge in [-0.05, 0) is 30.3 Å². The highest BCUT2D eigenvalue weighted by atomic mass is 16.5. The van der Waals surface area contributed by atoms with Gasteiger partial charge in [0.1, 0.15) is 0 Å². The van der Waals surface area contributed by atoms with Crippen LogP contribution in [-0.2, 0) is 6.54 Å². The van der Waals surface area contributed by atoms with Crippen LogP contribution in [0.5, 0.6) is 11.5 Å². The van der Waals surface area contributed by atoms with Crippen molar-refractivity contribution in [1.82, 2.24) is 4.98 Å². The van der Waals surface area contributed by atoms with Crippen molar-refractivity contribution in [2.75, 3.05) is 12.4 Å². The number of ether oxygens (including phenoxy) is 1. The molecule has 0 fully saturated rings. The topological polar surface area (TPSA) is 57.3 Å². The first-order valence-electron chi connectivity index (χ1n) is 6.44. The van der Waals surface area contributed by atoms with Gasteiger partial charge in [-0.2, -0.15) is 0 Å². The number of anilines is 1. The molecule has 3 rings (SSSR count). The first-order valence-corrected chi connectivity index (χ1v) is 6.44. The Hall–Kier alpha value is -2.62. The van der Waals surface area contributed by atoms with Crippen LogP contribution in [0.4, 0.5) is 5.69 Å². The van der Waals surface area contributed by atoms with E-state index in [1.54, 1.807) is 13.2 Å². The number of methoxy groups -OCH3 is 1. The van der Waals surface area contributed by atoms with E-state index in [2.05, 4.69) is 16.4 Å². The second-order valence-electron chi connectivity index (χ2n) is 4.60. The van der Waals surface area contributed by atoms with Crippen LogP contribution >= 0.6 is 0 Å². The number of aromatic nitrogens is 1. The van der Waals surface area contributed by atoms with Gasteiger partial charge in [0.25, 0.3) is 0 Å². The molecule has 0 aliphatic heterocycles. The molecule has 0 bridgehead atoms. The molecular formula is C16H16N2O2. The number of fused-ring (bicyclic) bond motifs is 1. The molecule has 2 aromatic carbocycles. The molecule has 1 aromatic heterocycles. The van der Waals surface area contributed by atoms with Gasteiger partial charge in [0, 0.05) is 34.9 Å². The van der Waals surface area contributed by atoms with E-state index in [9.17, 15) is 5.11 Å². The van der Waals surface area contributed by atoms with Crippen molar-refractivity contribution in [1.29, 1.82) is 0 Å². The minimum Gasteiger partial charge on any atom is -0.504 e. The van der Waals surface area contributed by atoms with Gasteiger partial charge in [0.15, 0.2) is 11.5 Å². The summed E-state index contributed by atoms with van der Waals surface area (Å²) < 4.78 is 5.10. The number of nitrogens with one attached hydrogen (secondary N) is 2. The monoisotopic (exact) mass is 268 g/mol. The van der Waals surface area contributed by atoms with E-state index in [0.29, 0.717) is 12.3 Å². The van der Waals surface area contributed by atoms with Crippen molar-refractivity contribution in [3.63, 3.8) is 0 Å². The van der Waals surface area contributed by atoms with Gasteiger partial charge in [-0.1, -0.05) is 12.1 Å². The number of phenols is 1. The number of benzene rings is 2. The van der Waals surface area contributed by atoms with Crippen molar-refractivity contribution in [3.8, 4) is 11.5 Å². The van der Waals surface area contributed by atoms with E-state index in [4.69, 9.17) is 4.74 Å². The fourth-order valence-corrected chi connectivity index (χ4v) is 2.24.